The van der Waals surface area contributed by atoms with Gasteiger partial charge in [-0.1, -0.05) is 0 Å². The molecule has 4 aliphatic rings. The highest BCUT2D eigenvalue weighted by molar-refractivity contribution is 6.00. The molecule has 2 saturated heterocycles. The Kier molecular flexibility index (Phi) is 4.05. The van der Waals surface area contributed by atoms with Gasteiger partial charge in [-0.2, -0.15) is 0 Å². The number of carbonyl (C=O) groups excluding carboxylic acids is 1. The fourth-order valence-corrected chi connectivity index (χ4v) is 5.50. The van der Waals surface area contributed by atoms with Crippen molar-refractivity contribution in [3.63, 3.8) is 0 Å². The minimum Gasteiger partial charge on any atom is -0.475 e. The van der Waals surface area contributed by atoms with Crippen molar-refractivity contribution in [3.05, 3.63) is 41.2 Å². The second-order valence-corrected chi connectivity index (χ2v) is 9.93. The molecule has 9 heteroatoms. The summed E-state index contributed by atoms with van der Waals surface area (Å²) in [4.78, 5) is 26.2. The molecule has 0 saturated carbocycles. The Balaban J connectivity index is 1.23. The van der Waals surface area contributed by atoms with Crippen molar-refractivity contribution in [3.8, 4) is 0 Å². The van der Waals surface area contributed by atoms with Gasteiger partial charge in [0.25, 0.3) is 5.91 Å². The van der Waals surface area contributed by atoms with Crippen molar-refractivity contribution in [1.82, 2.24) is 20.6 Å². The highest BCUT2D eigenvalue weighted by atomic mass is 16.5. The second kappa shape index (κ2) is 6.65. The molecule has 2 fully saturated rings. The first-order valence-electron chi connectivity index (χ1n) is 11.2. The molecule has 4 aliphatic heterocycles. The van der Waals surface area contributed by atoms with Gasteiger partial charge in [-0.3, -0.25) is 4.79 Å². The molecule has 32 heavy (non-hydrogen) atoms. The third-order valence-electron chi connectivity index (χ3n) is 6.98. The second-order valence-electron chi connectivity index (χ2n) is 9.93. The lowest BCUT2D eigenvalue weighted by molar-refractivity contribution is 0.0940. The third-order valence-corrected chi connectivity index (χ3v) is 6.98. The molecule has 9 nitrogen and oxygen atoms in total. The summed E-state index contributed by atoms with van der Waals surface area (Å²) in [6.07, 6.45) is 6.17. The first-order valence-corrected chi connectivity index (χ1v) is 11.2. The molecule has 1 amide bonds. The average Bonchev–Trinajstić information content (AvgIpc) is 3.36. The fourth-order valence-electron chi connectivity index (χ4n) is 5.50. The van der Waals surface area contributed by atoms with E-state index in [1.165, 1.54) is 12.8 Å². The van der Waals surface area contributed by atoms with E-state index in [9.17, 15) is 4.79 Å². The molecule has 2 aromatic heterocycles. The van der Waals surface area contributed by atoms with E-state index < -0.39 is 5.54 Å². The Bertz CT molecular complexity index is 1150. The summed E-state index contributed by atoms with van der Waals surface area (Å²) in [5.74, 6) is 1.66. The van der Waals surface area contributed by atoms with Gasteiger partial charge in [0.1, 0.15) is 23.8 Å². The molecule has 2 aromatic rings. The molecule has 6 rings (SSSR count). The largest absolute Gasteiger partial charge is 0.475 e. The van der Waals surface area contributed by atoms with Crippen molar-refractivity contribution in [2.75, 3.05) is 17.7 Å². The van der Waals surface area contributed by atoms with Gasteiger partial charge in [-0.15, -0.1) is 0 Å². The topological polar surface area (TPSA) is 127 Å². The van der Waals surface area contributed by atoms with Gasteiger partial charge in [-0.25, -0.2) is 15.0 Å². The van der Waals surface area contributed by atoms with Crippen LogP contribution in [0.5, 0.6) is 0 Å². The van der Waals surface area contributed by atoms with Gasteiger partial charge in [0, 0.05) is 30.0 Å². The summed E-state index contributed by atoms with van der Waals surface area (Å²) < 4.78 is 6.01. The zero-order valence-electron chi connectivity index (χ0n) is 18.2. The summed E-state index contributed by atoms with van der Waals surface area (Å²) in [6, 6.07) is 6.39. The van der Waals surface area contributed by atoms with Crippen LogP contribution in [-0.2, 0) is 10.3 Å². The molecule has 0 aromatic carbocycles. The van der Waals surface area contributed by atoms with E-state index in [-0.39, 0.29) is 11.4 Å². The number of nitrogen functional groups attached to an aromatic ring is 1. The van der Waals surface area contributed by atoms with Crippen LogP contribution in [-0.4, -0.2) is 46.0 Å². The maximum atomic E-state index is 12.1. The van der Waals surface area contributed by atoms with E-state index >= 15 is 0 Å². The summed E-state index contributed by atoms with van der Waals surface area (Å²) in [5.41, 5.74) is 8.30. The Hall–Kier alpha value is -3.20. The van der Waals surface area contributed by atoms with E-state index in [2.05, 4.69) is 25.9 Å². The number of anilines is 3. The Morgan fingerprint density at radius 3 is 2.69 bits per heavy atom. The maximum absolute atomic E-state index is 12.1. The minimum absolute atomic E-state index is 0.104. The van der Waals surface area contributed by atoms with Crippen molar-refractivity contribution < 1.29 is 9.53 Å². The van der Waals surface area contributed by atoms with Gasteiger partial charge in [-0.05, 0) is 51.7 Å². The molecule has 166 valence electrons. The van der Waals surface area contributed by atoms with Crippen LogP contribution in [0.2, 0.25) is 0 Å². The lowest BCUT2D eigenvalue weighted by Gasteiger charge is -2.34. The molecule has 2 unspecified atom stereocenters. The molecule has 1 spiro atoms. The monoisotopic (exact) mass is 433 g/mol. The van der Waals surface area contributed by atoms with Crippen LogP contribution < -0.4 is 21.7 Å². The number of nitrogens with zero attached hydrogens (tertiary/aromatic N) is 3. The summed E-state index contributed by atoms with van der Waals surface area (Å²) >= 11 is 0. The predicted octanol–water partition coefficient (Wildman–Crippen LogP) is 2.21. The van der Waals surface area contributed by atoms with E-state index in [1.54, 1.807) is 24.4 Å². The van der Waals surface area contributed by atoms with Crippen LogP contribution in [0.4, 0.5) is 17.3 Å². The number of ether oxygens (including phenoxy) is 1. The quantitative estimate of drug-likeness (QED) is 0.584. The molecule has 5 N–H and O–H groups in total. The molecule has 2 bridgehead atoms. The number of aromatic nitrogens is 2. The smallest absolute Gasteiger partial charge is 0.253 e. The number of fused-ring (bicyclic) bond motifs is 3. The molecule has 2 atom stereocenters. The lowest BCUT2D eigenvalue weighted by atomic mass is 9.86. The van der Waals surface area contributed by atoms with Crippen LogP contribution in [0.1, 0.15) is 61.1 Å². The molecular weight excluding hydrogens is 406 g/mol. The van der Waals surface area contributed by atoms with Gasteiger partial charge in [0.05, 0.1) is 22.4 Å². The van der Waals surface area contributed by atoms with E-state index in [0.29, 0.717) is 53.2 Å². The highest BCUT2D eigenvalue weighted by Crippen LogP contribution is 2.40. The van der Waals surface area contributed by atoms with Crippen molar-refractivity contribution in [2.45, 2.75) is 62.7 Å². The summed E-state index contributed by atoms with van der Waals surface area (Å²) in [7, 11) is 0. The molecule has 6 heterocycles. The maximum Gasteiger partial charge on any atom is 0.253 e. The van der Waals surface area contributed by atoms with E-state index in [0.717, 1.165) is 18.4 Å². The number of piperidine rings is 1. The van der Waals surface area contributed by atoms with Crippen molar-refractivity contribution >= 4 is 29.1 Å². The number of aliphatic imine (C=N–C) groups is 1. The first-order chi connectivity index (χ1) is 15.3. The van der Waals surface area contributed by atoms with Crippen LogP contribution in [0, 0.1) is 0 Å². The first kappa shape index (κ1) is 19.5. The van der Waals surface area contributed by atoms with E-state index in [1.807, 2.05) is 13.8 Å². The number of nitrogens with one attached hydrogen (secondary N) is 3. The SMILES string of the molecule is CC1(C)NC(=O)c2ccc(Nc3cc(N)c(C4=NC5(CO4)CC4CCC(C5)N4)cn3)nc21. The number of rotatable bonds is 3. The standard InChI is InChI=1S/C23H27N7O2/c1-22(2)19-14(20(31)29-22)5-6-17(28-19)27-18-7-16(24)15(10-25-18)21-30-23(11-32-21)8-12-3-4-13(9-23)26-12/h5-7,10,12-13,26H,3-4,8-9,11H2,1-2H3,(H,29,31)(H3,24,25,27,28). The van der Waals surface area contributed by atoms with Gasteiger partial charge in [0.2, 0.25) is 5.90 Å². The molecule has 0 aliphatic carbocycles. The fraction of sp³-hybridized carbons (Fsp3) is 0.478. The van der Waals surface area contributed by atoms with Crippen LogP contribution in [0.25, 0.3) is 0 Å². The number of nitrogens with two attached hydrogens (primary N) is 1. The summed E-state index contributed by atoms with van der Waals surface area (Å²) in [5, 5.41) is 9.79. The average molecular weight is 434 g/mol. The minimum atomic E-state index is -0.511. The number of hydrogen-bond acceptors (Lipinski definition) is 8. The predicted molar refractivity (Wildman–Crippen MR) is 121 cm³/mol. The highest BCUT2D eigenvalue weighted by Gasteiger charge is 2.47. The Morgan fingerprint density at radius 1 is 1.16 bits per heavy atom. The van der Waals surface area contributed by atoms with Crippen LogP contribution >= 0.6 is 0 Å². The number of carbonyl (C=O) groups is 1. The zero-order chi connectivity index (χ0) is 22.1. The Morgan fingerprint density at radius 2 is 1.94 bits per heavy atom. The van der Waals surface area contributed by atoms with Gasteiger partial charge < -0.3 is 26.4 Å². The zero-order valence-corrected chi connectivity index (χ0v) is 18.2. The van der Waals surface area contributed by atoms with Crippen LogP contribution in [0.15, 0.2) is 29.4 Å². The van der Waals surface area contributed by atoms with Crippen molar-refractivity contribution in [1.29, 1.82) is 0 Å². The normalized spacial score (nSPS) is 29.4. The number of hydrogen-bond donors (Lipinski definition) is 4. The van der Waals surface area contributed by atoms with E-state index in [4.69, 9.17) is 15.5 Å². The molecule has 0 radical (unpaired) electrons. The van der Waals surface area contributed by atoms with Gasteiger partial charge in [0.15, 0.2) is 0 Å². The summed E-state index contributed by atoms with van der Waals surface area (Å²) in [6.45, 7) is 4.47. The van der Waals surface area contributed by atoms with Gasteiger partial charge >= 0.3 is 0 Å². The lowest BCUT2D eigenvalue weighted by Crippen LogP contribution is -2.48. The number of amides is 1. The van der Waals surface area contributed by atoms with Crippen molar-refractivity contribution in [2.24, 2.45) is 4.99 Å². The molecular formula is C23H27N7O2. The van der Waals surface area contributed by atoms with Crippen LogP contribution in [0.3, 0.4) is 0 Å². The third kappa shape index (κ3) is 3.10. The Labute approximate surface area is 186 Å². The number of pyridine rings is 2.